The molecule has 1 aromatic carbocycles. The van der Waals surface area contributed by atoms with E-state index < -0.39 is 29.5 Å². The molecular formula is C15H15NO4. The Morgan fingerprint density at radius 3 is 2.65 bits per heavy atom. The maximum absolute atomic E-state index is 12.4. The number of anilines is 1. The van der Waals surface area contributed by atoms with Crippen LogP contribution in [0.4, 0.5) is 5.69 Å². The SMILES string of the molecule is C[C@@]12C=C[C@@H](O1)[C@@H](C(=O)O)[C@@H]2C(=O)Nc1ccccc1. The number of carbonyl (C=O) groups is 2. The lowest BCUT2D eigenvalue weighted by Crippen LogP contribution is -2.44. The predicted molar refractivity (Wildman–Crippen MR) is 72.1 cm³/mol. The van der Waals surface area contributed by atoms with Gasteiger partial charge in [0.15, 0.2) is 0 Å². The van der Waals surface area contributed by atoms with E-state index in [1.54, 1.807) is 31.2 Å². The molecule has 104 valence electrons. The van der Waals surface area contributed by atoms with Crippen molar-refractivity contribution in [3.63, 3.8) is 0 Å². The zero-order chi connectivity index (χ0) is 14.3. The van der Waals surface area contributed by atoms with Crippen LogP contribution < -0.4 is 5.32 Å². The number of carboxylic acids is 1. The van der Waals surface area contributed by atoms with Gasteiger partial charge in [0.25, 0.3) is 0 Å². The van der Waals surface area contributed by atoms with Gasteiger partial charge in [0.05, 0.1) is 17.6 Å². The van der Waals surface area contributed by atoms with Crippen LogP contribution in [-0.4, -0.2) is 28.7 Å². The average molecular weight is 273 g/mol. The summed E-state index contributed by atoms with van der Waals surface area (Å²) in [5, 5.41) is 12.1. The van der Waals surface area contributed by atoms with Crippen LogP contribution in [0.3, 0.4) is 0 Å². The summed E-state index contributed by atoms with van der Waals surface area (Å²) < 4.78 is 5.65. The second kappa shape index (κ2) is 4.45. The number of rotatable bonds is 3. The molecule has 0 radical (unpaired) electrons. The van der Waals surface area contributed by atoms with E-state index in [0.717, 1.165) is 0 Å². The summed E-state index contributed by atoms with van der Waals surface area (Å²) in [5.74, 6) is -2.89. The van der Waals surface area contributed by atoms with E-state index in [0.29, 0.717) is 5.69 Å². The number of aliphatic carboxylic acids is 1. The van der Waals surface area contributed by atoms with Crippen LogP contribution in [0, 0.1) is 11.8 Å². The number of amides is 1. The number of carboxylic acid groups (broad SMARTS) is 1. The first-order valence-electron chi connectivity index (χ1n) is 6.47. The van der Waals surface area contributed by atoms with Crippen LogP contribution in [0.1, 0.15) is 6.92 Å². The summed E-state index contributed by atoms with van der Waals surface area (Å²) in [5.41, 5.74) is -0.191. The molecule has 2 N–H and O–H groups in total. The number of ether oxygens (including phenoxy) is 1. The highest BCUT2D eigenvalue weighted by Gasteiger charge is 2.59. The molecule has 0 aliphatic carbocycles. The van der Waals surface area contributed by atoms with Gasteiger partial charge in [-0.3, -0.25) is 9.59 Å². The van der Waals surface area contributed by atoms with Gasteiger partial charge in [-0.05, 0) is 19.1 Å². The quantitative estimate of drug-likeness (QED) is 0.821. The van der Waals surface area contributed by atoms with Gasteiger partial charge in [-0.2, -0.15) is 0 Å². The van der Waals surface area contributed by atoms with Crippen LogP contribution in [0.25, 0.3) is 0 Å². The summed E-state index contributed by atoms with van der Waals surface area (Å²) in [6.07, 6.45) is 2.99. The first-order chi connectivity index (χ1) is 9.51. The zero-order valence-corrected chi connectivity index (χ0v) is 10.9. The third kappa shape index (κ3) is 1.91. The molecule has 2 heterocycles. The molecule has 0 saturated carbocycles. The standard InChI is InChI=1S/C15H15NO4/c1-15-8-7-10(20-15)11(14(18)19)12(15)13(17)16-9-5-3-2-4-6-9/h2-8,10-12H,1H3,(H,16,17)(H,18,19)/t10-,11-,12-,15+/m1/s1. The van der Waals surface area contributed by atoms with E-state index >= 15 is 0 Å². The van der Waals surface area contributed by atoms with Gasteiger partial charge in [-0.1, -0.05) is 30.4 Å². The molecule has 1 saturated heterocycles. The van der Waals surface area contributed by atoms with E-state index in [1.807, 2.05) is 18.2 Å². The summed E-state index contributed by atoms with van der Waals surface area (Å²) in [6, 6.07) is 8.99. The molecule has 4 atom stereocenters. The number of fused-ring (bicyclic) bond motifs is 2. The number of hydrogen-bond donors (Lipinski definition) is 2. The van der Waals surface area contributed by atoms with E-state index in [2.05, 4.69) is 5.32 Å². The minimum absolute atomic E-state index is 0.321. The van der Waals surface area contributed by atoms with Crippen molar-refractivity contribution in [1.82, 2.24) is 0 Å². The normalized spacial score (nSPS) is 34.1. The number of carbonyl (C=O) groups excluding carboxylic acids is 1. The fourth-order valence-corrected chi connectivity index (χ4v) is 3.02. The molecule has 5 nitrogen and oxygen atoms in total. The van der Waals surface area contributed by atoms with Crippen molar-refractivity contribution < 1.29 is 19.4 Å². The van der Waals surface area contributed by atoms with E-state index in [1.165, 1.54) is 0 Å². The molecular weight excluding hydrogens is 258 g/mol. The van der Waals surface area contributed by atoms with Crippen molar-refractivity contribution in [3.05, 3.63) is 42.5 Å². The molecule has 1 amide bonds. The maximum atomic E-state index is 12.4. The first kappa shape index (κ1) is 12.9. The summed E-state index contributed by atoms with van der Waals surface area (Å²) in [6.45, 7) is 1.75. The lowest BCUT2D eigenvalue weighted by Gasteiger charge is -2.27. The highest BCUT2D eigenvalue weighted by Crippen LogP contribution is 2.47. The van der Waals surface area contributed by atoms with Crippen molar-refractivity contribution in [1.29, 1.82) is 0 Å². The summed E-state index contributed by atoms with van der Waals surface area (Å²) >= 11 is 0. The topological polar surface area (TPSA) is 75.6 Å². The Morgan fingerprint density at radius 2 is 2.00 bits per heavy atom. The molecule has 20 heavy (non-hydrogen) atoms. The number of para-hydroxylation sites is 1. The monoisotopic (exact) mass is 273 g/mol. The lowest BCUT2D eigenvalue weighted by atomic mass is 9.75. The lowest BCUT2D eigenvalue weighted by molar-refractivity contribution is -0.146. The van der Waals surface area contributed by atoms with Gasteiger partial charge in [0.2, 0.25) is 5.91 Å². The Morgan fingerprint density at radius 1 is 1.30 bits per heavy atom. The Kier molecular flexibility index (Phi) is 2.87. The highest BCUT2D eigenvalue weighted by atomic mass is 16.5. The third-order valence-electron chi connectivity index (χ3n) is 3.95. The second-order valence-electron chi connectivity index (χ2n) is 5.32. The molecule has 0 spiro atoms. The molecule has 0 aromatic heterocycles. The largest absolute Gasteiger partial charge is 0.481 e. The minimum Gasteiger partial charge on any atom is -0.481 e. The minimum atomic E-state index is -1.00. The van der Waals surface area contributed by atoms with Gasteiger partial charge in [-0.15, -0.1) is 0 Å². The molecule has 0 unspecified atom stereocenters. The Labute approximate surface area is 116 Å². The van der Waals surface area contributed by atoms with Crippen LogP contribution >= 0.6 is 0 Å². The van der Waals surface area contributed by atoms with Crippen molar-refractivity contribution >= 4 is 17.6 Å². The van der Waals surface area contributed by atoms with Gasteiger partial charge >= 0.3 is 5.97 Å². The first-order valence-corrected chi connectivity index (χ1v) is 6.47. The van der Waals surface area contributed by atoms with Gasteiger partial charge < -0.3 is 15.2 Å². The number of hydrogen-bond acceptors (Lipinski definition) is 3. The van der Waals surface area contributed by atoms with Crippen molar-refractivity contribution in [2.45, 2.75) is 18.6 Å². The molecule has 1 aromatic rings. The maximum Gasteiger partial charge on any atom is 0.310 e. The number of benzene rings is 1. The molecule has 2 aliphatic heterocycles. The van der Waals surface area contributed by atoms with Crippen LogP contribution in [-0.2, 0) is 14.3 Å². The fourth-order valence-electron chi connectivity index (χ4n) is 3.02. The zero-order valence-electron chi connectivity index (χ0n) is 10.9. The molecule has 2 aliphatic rings. The third-order valence-corrected chi connectivity index (χ3v) is 3.95. The van der Waals surface area contributed by atoms with Crippen LogP contribution in [0.2, 0.25) is 0 Å². The van der Waals surface area contributed by atoms with Crippen LogP contribution in [0.5, 0.6) is 0 Å². The summed E-state index contributed by atoms with van der Waals surface area (Å²) in [7, 11) is 0. The van der Waals surface area contributed by atoms with Gasteiger partial charge in [0.1, 0.15) is 5.92 Å². The van der Waals surface area contributed by atoms with Gasteiger partial charge in [0, 0.05) is 5.69 Å². The molecule has 2 bridgehead atoms. The van der Waals surface area contributed by atoms with Gasteiger partial charge in [-0.25, -0.2) is 0 Å². The smallest absolute Gasteiger partial charge is 0.310 e. The molecule has 1 fully saturated rings. The fraction of sp³-hybridized carbons (Fsp3) is 0.333. The highest BCUT2D eigenvalue weighted by molar-refractivity contribution is 5.97. The van der Waals surface area contributed by atoms with E-state index in [9.17, 15) is 14.7 Å². The van der Waals surface area contributed by atoms with Crippen molar-refractivity contribution in [2.24, 2.45) is 11.8 Å². The summed E-state index contributed by atoms with van der Waals surface area (Å²) in [4.78, 5) is 23.8. The molecule has 5 heteroatoms. The second-order valence-corrected chi connectivity index (χ2v) is 5.32. The van der Waals surface area contributed by atoms with E-state index in [4.69, 9.17) is 4.74 Å². The molecule has 3 rings (SSSR count). The van der Waals surface area contributed by atoms with Crippen molar-refractivity contribution in [2.75, 3.05) is 5.32 Å². The average Bonchev–Trinajstić information content (AvgIpc) is 2.92. The van der Waals surface area contributed by atoms with Crippen LogP contribution in [0.15, 0.2) is 42.5 Å². The Balaban J connectivity index is 1.86. The Bertz CT molecular complexity index is 583. The van der Waals surface area contributed by atoms with Crippen molar-refractivity contribution in [3.8, 4) is 0 Å². The predicted octanol–water partition coefficient (Wildman–Crippen LogP) is 1.67. The Hall–Kier alpha value is -2.14. The van der Waals surface area contributed by atoms with E-state index in [-0.39, 0.29) is 5.91 Å². The number of nitrogens with one attached hydrogen (secondary N) is 1.